The van der Waals surface area contributed by atoms with Crippen LogP contribution < -0.4 is 5.32 Å². The Kier molecular flexibility index (Phi) is 6.35. The van der Waals surface area contributed by atoms with Crippen LogP contribution in [0.15, 0.2) is 30.6 Å². The molecule has 1 atom stereocenters. The van der Waals surface area contributed by atoms with Crippen molar-refractivity contribution < 1.29 is 19.2 Å². The number of nitrogens with one attached hydrogen (secondary N) is 1. The number of nitrogens with zero attached hydrogens (tertiary/aromatic N) is 4. The number of likely N-dealkylation sites (tertiary alicyclic amines) is 1. The largest absolute Gasteiger partial charge is 0.338 e. The van der Waals surface area contributed by atoms with E-state index in [0.29, 0.717) is 37.2 Å². The van der Waals surface area contributed by atoms with Gasteiger partial charge in [0, 0.05) is 55.3 Å². The van der Waals surface area contributed by atoms with Crippen LogP contribution in [0.2, 0.25) is 0 Å². The third-order valence-corrected chi connectivity index (χ3v) is 7.15. The van der Waals surface area contributed by atoms with Gasteiger partial charge in [0.15, 0.2) is 0 Å². The van der Waals surface area contributed by atoms with Gasteiger partial charge in [0.1, 0.15) is 6.04 Å². The summed E-state index contributed by atoms with van der Waals surface area (Å²) in [6.07, 6.45) is 5.56. The molecule has 186 valence electrons. The lowest BCUT2D eigenvalue weighted by Crippen LogP contribution is -2.52. The molecule has 5 rings (SSSR count). The number of carbonyl (C=O) groups excluding carboxylic acids is 4. The van der Waals surface area contributed by atoms with Gasteiger partial charge in [-0.2, -0.15) is 5.10 Å². The van der Waals surface area contributed by atoms with Crippen LogP contribution in [-0.2, 0) is 16.1 Å². The van der Waals surface area contributed by atoms with Crippen molar-refractivity contribution in [2.75, 3.05) is 13.1 Å². The summed E-state index contributed by atoms with van der Waals surface area (Å²) in [5.41, 5.74) is 2.79. The van der Waals surface area contributed by atoms with Gasteiger partial charge in [0.25, 0.3) is 11.8 Å². The minimum absolute atomic E-state index is 0.00115. The van der Waals surface area contributed by atoms with Crippen LogP contribution in [0.3, 0.4) is 0 Å². The Morgan fingerprint density at radius 3 is 2.61 bits per heavy atom. The number of hydrogen-bond donors (Lipinski definition) is 1. The molecule has 2 aromatic rings. The Morgan fingerprint density at radius 1 is 1.14 bits per heavy atom. The Balaban J connectivity index is 1.23. The van der Waals surface area contributed by atoms with Crippen molar-refractivity contribution >= 4 is 23.6 Å². The van der Waals surface area contributed by atoms with Crippen LogP contribution in [0.5, 0.6) is 0 Å². The van der Waals surface area contributed by atoms with Crippen LogP contribution in [-0.4, -0.2) is 62.3 Å². The van der Waals surface area contributed by atoms with Crippen molar-refractivity contribution in [2.45, 2.75) is 58.2 Å². The zero-order valence-corrected chi connectivity index (χ0v) is 20.5. The molecule has 0 aliphatic carbocycles. The summed E-state index contributed by atoms with van der Waals surface area (Å²) in [7, 11) is 0. The number of piperidine rings is 2. The first-order chi connectivity index (χ1) is 17.3. The van der Waals surface area contributed by atoms with E-state index < -0.39 is 11.9 Å². The topological polar surface area (TPSA) is 105 Å². The van der Waals surface area contributed by atoms with E-state index in [0.717, 1.165) is 24.0 Å². The fraction of sp³-hybridized carbons (Fsp3) is 0.444. The quantitative estimate of drug-likeness (QED) is 0.528. The summed E-state index contributed by atoms with van der Waals surface area (Å²) in [6, 6.07) is 5.04. The van der Waals surface area contributed by atoms with Gasteiger partial charge in [0.2, 0.25) is 11.8 Å². The third-order valence-electron chi connectivity index (χ3n) is 7.15. The fourth-order valence-electron chi connectivity index (χ4n) is 5.02. The molecule has 0 spiro atoms. The summed E-state index contributed by atoms with van der Waals surface area (Å²) in [5.74, 6) is 5.86. The minimum Gasteiger partial charge on any atom is -0.338 e. The Morgan fingerprint density at radius 2 is 1.92 bits per heavy atom. The predicted octanol–water partition coefficient (Wildman–Crippen LogP) is 2.13. The molecule has 1 N–H and O–H groups in total. The summed E-state index contributed by atoms with van der Waals surface area (Å²) in [5, 5.41) is 6.60. The normalized spacial score (nSPS) is 20.3. The lowest BCUT2D eigenvalue weighted by Gasteiger charge is -2.29. The number of carbonyl (C=O) groups is 4. The number of amides is 4. The number of hydrogen-bond acceptors (Lipinski definition) is 5. The molecule has 0 bridgehead atoms. The van der Waals surface area contributed by atoms with Gasteiger partial charge >= 0.3 is 0 Å². The maximum atomic E-state index is 13.0. The van der Waals surface area contributed by atoms with E-state index in [9.17, 15) is 19.2 Å². The Bertz CT molecular complexity index is 1290. The van der Waals surface area contributed by atoms with E-state index in [-0.39, 0.29) is 36.1 Å². The van der Waals surface area contributed by atoms with Crippen molar-refractivity contribution in [3.05, 3.63) is 52.8 Å². The molecule has 4 amide bonds. The van der Waals surface area contributed by atoms with Crippen LogP contribution in [0.4, 0.5) is 0 Å². The second-order valence-corrected chi connectivity index (χ2v) is 9.87. The van der Waals surface area contributed by atoms with Crippen molar-refractivity contribution in [1.29, 1.82) is 0 Å². The second kappa shape index (κ2) is 9.61. The highest BCUT2D eigenvalue weighted by molar-refractivity contribution is 6.05. The summed E-state index contributed by atoms with van der Waals surface area (Å²) in [4.78, 5) is 53.1. The molecule has 1 aromatic carbocycles. The molecule has 1 unspecified atom stereocenters. The standard InChI is InChI=1S/C27H29N5O4/c1-17(2)32-15-20(14-28-32)26(35)30-12-10-18(11-13-30)6-7-19-4-3-5-21-22(19)16-31(27(21)36)23-8-9-24(33)29-25(23)34/h3-5,14-15,17-18,23H,8-13,16H2,1-2H3,(H,29,33,34). The monoisotopic (exact) mass is 487 g/mol. The van der Waals surface area contributed by atoms with E-state index in [4.69, 9.17) is 0 Å². The van der Waals surface area contributed by atoms with Gasteiger partial charge in [0.05, 0.1) is 11.8 Å². The molecule has 0 radical (unpaired) electrons. The molecule has 0 saturated carbocycles. The molecule has 9 heteroatoms. The first-order valence-corrected chi connectivity index (χ1v) is 12.4. The molecule has 3 aliphatic heterocycles. The van der Waals surface area contributed by atoms with E-state index in [1.54, 1.807) is 28.0 Å². The fourth-order valence-corrected chi connectivity index (χ4v) is 5.02. The first-order valence-electron chi connectivity index (χ1n) is 12.4. The Hall–Kier alpha value is -3.93. The van der Waals surface area contributed by atoms with Gasteiger partial charge in [-0.3, -0.25) is 29.2 Å². The number of benzene rings is 1. The zero-order chi connectivity index (χ0) is 25.4. The maximum absolute atomic E-state index is 13.0. The molecule has 36 heavy (non-hydrogen) atoms. The van der Waals surface area contributed by atoms with Gasteiger partial charge < -0.3 is 9.80 Å². The highest BCUT2D eigenvalue weighted by Crippen LogP contribution is 2.29. The molecule has 4 heterocycles. The van der Waals surface area contributed by atoms with Crippen LogP contribution >= 0.6 is 0 Å². The predicted molar refractivity (Wildman–Crippen MR) is 131 cm³/mol. The molecule has 9 nitrogen and oxygen atoms in total. The highest BCUT2D eigenvalue weighted by atomic mass is 16.2. The summed E-state index contributed by atoms with van der Waals surface area (Å²) < 4.78 is 1.79. The van der Waals surface area contributed by atoms with Crippen molar-refractivity contribution in [3.63, 3.8) is 0 Å². The van der Waals surface area contributed by atoms with Gasteiger partial charge in [-0.05, 0) is 50.8 Å². The average molecular weight is 488 g/mol. The third kappa shape index (κ3) is 4.51. The SMILES string of the molecule is CC(C)n1cc(C(=O)N2CCC(C#Cc3cccc4c3CN(C3CCC(=O)NC3=O)C4=O)CC2)cn1. The molecular weight excluding hydrogens is 458 g/mol. The molecule has 2 fully saturated rings. The second-order valence-electron chi connectivity index (χ2n) is 9.87. The van der Waals surface area contributed by atoms with E-state index in [1.807, 2.05) is 30.9 Å². The van der Waals surface area contributed by atoms with Gasteiger partial charge in [-0.25, -0.2) is 0 Å². The minimum atomic E-state index is -0.641. The van der Waals surface area contributed by atoms with E-state index in [2.05, 4.69) is 22.3 Å². The smallest absolute Gasteiger partial charge is 0.257 e. The summed E-state index contributed by atoms with van der Waals surface area (Å²) in [6.45, 7) is 5.63. The van der Waals surface area contributed by atoms with E-state index in [1.165, 1.54) is 0 Å². The molecular formula is C27H29N5O4. The Labute approximate surface area is 209 Å². The number of rotatable bonds is 3. The van der Waals surface area contributed by atoms with Crippen molar-refractivity contribution in [2.24, 2.45) is 5.92 Å². The number of imide groups is 1. The lowest BCUT2D eigenvalue weighted by molar-refractivity contribution is -0.136. The lowest BCUT2D eigenvalue weighted by atomic mass is 9.96. The first kappa shape index (κ1) is 23.8. The van der Waals surface area contributed by atoms with Gasteiger partial charge in [-0.15, -0.1) is 0 Å². The average Bonchev–Trinajstić information content (AvgIpc) is 3.49. The highest BCUT2D eigenvalue weighted by Gasteiger charge is 2.39. The molecule has 2 saturated heterocycles. The summed E-state index contributed by atoms with van der Waals surface area (Å²) >= 11 is 0. The number of aromatic nitrogens is 2. The van der Waals surface area contributed by atoms with Crippen molar-refractivity contribution in [3.8, 4) is 11.8 Å². The molecule has 3 aliphatic rings. The van der Waals surface area contributed by atoms with Crippen LogP contribution in [0, 0.1) is 17.8 Å². The van der Waals surface area contributed by atoms with Crippen LogP contribution in [0.1, 0.15) is 77.4 Å². The van der Waals surface area contributed by atoms with Crippen LogP contribution in [0.25, 0.3) is 0 Å². The maximum Gasteiger partial charge on any atom is 0.257 e. The zero-order valence-electron chi connectivity index (χ0n) is 20.5. The molecule has 1 aromatic heterocycles. The van der Waals surface area contributed by atoms with Gasteiger partial charge in [-0.1, -0.05) is 17.9 Å². The number of fused-ring (bicyclic) bond motifs is 1. The van der Waals surface area contributed by atoms with E-state index >= 15 is 0 Å². The van der Waals surface area contributed by atoms with Crippen molar-refractivity contribution in [1.82, 2.24) is 24.9 Å².